The number of ether oxygens (including phenoxy) is 1. The summed E-state index contributed by atoms with van der Waals surface area (Å²) >= 11 is 0. The molecule has 5 heterocycles. The minimum Gasteiger partial charge on any atom is -0.469 e. The second-order valence-electron chi connectivity index (χ2n) is 16.0. The van der Waals surface area contributed by atoms with Gasteiger partial charge in [0.15, 0.2) is 11.6 Å². The van der Waals surface area contributed by atoms with Crippen molar-refractivity contribution in [1.82, 2.24) is 19.9 Å². The first-order valence-electron chi connectivity index (χ1n) is 20.2. The molecule has 1 unspecified atom stereocenters. The number of nitrogens with one attached hydrogen (secondary N) is 1. The summed E-state index contributed by atoms with van der Waals surface area (Å²) in [6.45, 7) is 8.11. The SMILES string of the molecule is Cc1ccc(C2Cc3cc4c(nc3O2)c(N)nc2cc(C)ccc24)cc1.Cc1ccc(S(=O)(=O)Nc2ccc(CCc3cnc4c(N)nc5cc(C)ccc5c4c3)cc2)cc1. The van der Waals surface area contributed by atoms with Crippen LogP contribution in [0, 0.1) is 27.7 Å². The van der Waals surface area contributed by atoms with Gasteiger partial charge in [-0.1, -0.05) is 83.9 Å². The van der Waals surface area contributed by atoms with Crippen molar-refractivity contribution in [3.63, 3.8) is 0 Å². The molecule has 0 saturated heterocycles. The van der Waals surface area contributed by atoms with E-state index < -0.39 is 10.0 Å². The molecular formula is C50H45N7O3S. The summed E-state index contributed by atoms with van der Waals surface area (Å²) in [5, 5.41) is 4.17. The molecule has 1 aliphatic rings. The van der Waals surface area contributed by atoms with Gasteiger partial charge in [0.05, 0.1) is 15.9 Å². The van der Waals surface area contributed by atoms with Crippen molar-refractivity contribution < 1.29 is 13.2 Å². The van der Waals surface area contributed by atoms with Crippen LogP contribution in [0.3, 0.4) is 0 Å². The predicted molar refractivity (Wildman–Crippen MR) is 246 cm³/mol. The number of aromatic nitrogens is 4. The van der Waals surface area contributed by atoms with Gasteiger partial charge in [-0.25, -0.2) is 23.4 Å². The third-order valence-electron chi connectivity index (χ3n) is 11.2. The van der Waals surface area contributed by atoms with E-state index in [1.54, 1.807) is 36.4 Å². The lowest BCUT2D eigenvalue weighted by Crippen LogP contribution is -2.12. The summed E-state index contributed by atoms with van der Waals surface area (Å²) in [5.41, 5.74) is 25.2. The molecule has 0 fully saturated rings. The molecule has 0 bridgehead atoms. The Morgan fingerprint density at radius 1 is 0.607 bits per heavy atom. The van der Waals surface area contributed by atoms with E-state index in [1.165, 1.54) is 16.7 Å². The fraction of sp³-hybridized carbons (Fsp3) is 0.160. The van der Waals surface area contributed by atoms with Crippen LogP contribution in [0.4, 0.5) is 17.3 Å². The van der Waals surface area contributed by atoms with Crippen LogP contribution in [0.1, 0.15) is 50.6 Å². The number of hydrogen-bond acceptors (Lipinski definition) is 9. The van der Waals surface area contributed by atoms with Crippen LogP contribution in [0.15, 0.2) is 132 Å². The molecule has 61 heavy (non-hydrogen) atoms. The fourth-order valence-corrected chi connectivity index (χ4v) is 8.89. The number of aryl methyl sites for hydroxylation is 6. The number of nitrogens with zero attached hydrogens (tertiary/aromatic N) is 4. The van der Waals surface area contributed by atoms with E-state index in [0.717, 1.165) is 85.2 Å². The van der Waals surface area contributed by atoms with Gasteiger partial charge < -0.3 is 16.2 Å². The number of rotatable bonds is 7. The average molecular weight is 824 g/mol. The van der Waals surface area contributed by atoms with Crippen LogP contribution in [0.5, 0.6) is 5.88 Å². The third kappa shape index (κ3) is 8.12. The molecule has 9 aromatic rings. The molecule has 0 saturated carbocycles. The Hall–Kier alpha value is -7.11. The zero-order valence-electron chi connectivity index (χ0n) is 34.4. The van der Waals surface area contributed by atoms with Crippen LogP contribution in [0.2, 0.25) is 0 Å². The maximum absolute atomic E-state index is 12.6. The first-order chi connectivity index (χ1) is 29.4. The Morgan fingerprint density at radius 3 is 1.80 bits per heavy atom. The summed E-state index contributed by atoms with van der Waals surface area (Å²) in [4.78, 5) is 18.6. The number of fused-ring (bicyclic) bond motifs is 7. The standard InChI is InChI=1S/C28H26N4O2S.C22H19N3O/c1-18-3-12-23(13-4-18)35(33,34)32-22-10-8-20(9-11-22)6-7-21-16-25-24-14-5-19(2)15-26(24)31-28(29)27(25)30-17-21;1-12-3-6-14(7-4-12)19-11-15-10-17-16-8-5-13(2)9-18(16)24-21(23)20(17)25-22(15)26-19/h3-5,8-17,32H,6-7H2,1-2H3,(H2,29,31);3-10,19H,11H2,1-2H3,(H2,23,24). The van der Waals surface area contributed by atoms with Crippen molar-refractivity contribution in [2.24, 2.45) is 0 Å². The summed E-state index contributed by atoms with van der Waals surface area (Å²) in [7, 11) is -3.62. The summed E-state index contributed by atoms with van der Waals surface area (Å²) in [6, 6.07) is 39.5. The third-order valence-corrected chi connectivity index (χ3v) is 12.6. The van der Waals surface area contributed by atoms with Crippen molar-refractivity contribution >= 4 is 71.0 Å². The van der Waals surface area contributed by atoms with Crippen molar-refractivity contribution in [2.75, 3.05) is 16.2 Å². The topological polar surface area (TPSA) is 159 Å². The van der Waals surface area contributed by atoms with Crippen LogP contribution in [-0.4, -0.2) is 28.4 Å². The van der Waals surface area contributed by atoms with Gasteiger partial charge in [0.2, 0.25) is 5.88 Å². The molecule has 10 rings (SSSR count). The van der Waals surface area contributed by atoms with E-state index in [9.17, 15) is 8.42 Å². The molecule has 304 valence electrons. The highest BCUT2D eigenvalue weighted by molar-refractivity contribution is 7.92. The maximum Gasteiger partial charge on any atom is 0.261 e. The second-order valence-corrected chi connectivity index (χ2v) is 17.6. The minimum atomic E-state index is -3.62. The van der Waals surface area contributed by atoms with E-state index in [2.05, 4.69) is 100 Å². The maximum atomic E-state index is 12.6. The normalized spacial score (nSPS) is 13.5. The molecule has 0 spiro atoms. The number of sulfonamides is 1. The second kappa shape index (κ2) is 15.8. The Balaban J connectivity index is 0.000000163. The van der Waals surface area contributed by atoms with Gasteiger partial charge in [0, 0.05) is 45.4 Å². The lowest BCUT2D eigenvalue weighted by molar-refractivity contribution is 0.231. The summed E-state index contributed by atoms with van der Waals surface area (Å²) < 4.78 is 34.0. The van der Waals surface area contributed by atoms with Gasteiger partial charge in [-0.2, -0.15) is 0 Å². The van der Waals surface area contributed by atoms with Gasteiger partial charge in [-0.15, -0.1) is 0 Å². The predicted octanol–water partition coefficient (Wildman–Crippen LogP) is 10.2. The van der Waals surface area contributed by atoms with E-state index in [1.807, 2.05) is 38.2 Å². The van der Waals surface area contributed by atoms with Gasteiger partial charge in [0.1, 0.15) is 17.1 Å². The van der Waals surface area contributed by atoms with Crippen molar-refractivity contribution in [3.8, 4) is 5.88 Å². The molecule has 5 N–H and O–H groups in total. The van der Waals surface area contributed by atoms with Gasteiger partial charge in [-0.3, -0.25) is 9.71 Å². The molecule has 4 aromatic heterocycles. The fourth-order valence-electron chi connectivity index (χ4n) is 7.83. The summed E-state index contributed by atoms with van der Waals surface area (Å²) in [5.74, 6) is 1.56. The molecule has 10 nitrogen and oxygen atoms in total. The molecule has 0 amide bonds. The Labute approximate surface area is 354 Å². The van der Waals surface area contributed by atoms with Gasteiger partial charge in [-0.05, 0) is 117 Å². The molecule has 5 aromatic carbocycles. The van der Waals surface area contributed by atoms with E-state index in [4.69, 9.17) is 21.2 Å². The zero-order chi connectivity index (χ0) is 42.4. The Morgan fingerprint density at radius 2 is 1.16 bits per heavy atom. The number of nitrogen functional groups attached to an aromatic ring is 2. The lowest BCUT2D eigenvalue weighted by atomic mass is 10.0. The van der Waals surface area contributed by atoms with Crippen LogP contribution in [-0.2, 0) is 29.3 Å². The molecule has 1 atom stereocenters. The molecule has 11 heteroatoms. The molecule has 1 aliphatic heterocycles. The van der Waals surface area contributed by atoms with Crippen molar-refractivity contribution in [1.29, 1.82) is 0 Å². The first-order valence-corrected chi connectivity index (χ1v) is 21.7. The summed E-state index contributed by atoms with van der Waals surface area (Å²) in [6.07, 6.45) is 4.27. The van der Waals surface area contributed by atoms with Gasteiger partial charge >= 0.3 is 0 Å². The van der Waals surface area contributed by atoms with Gasteiger partial charge in [0.25, 0.3) is 10.0 Å². The number of nitrogens with two attached hydrogens (primary N) is 2. The van der Waals surface area contributed by atoms with Crippen LogP contribution < -0.4 is 20.9 Å². The highest BCUT2D eigenvalue weighted by Gasteiger charge is 2.27. The Kier molecular flexibility index (Phi) is 10.2. The minimum absolute atomic E-state index is 0.00222. The smallest absolute Gasteiger partial charge is 0.261 e. The number of pyridine rings is 4. The van der Waals surface area contributed by atoms with Crippen LogP contribution in [0.25, 0.3) is 43.6 Å². The zero-order valence-corrected chi connectivity index (χ0v) is 35.2. The van der Waals surface area contributed by atoms with E-state index in [-0.39, 0.29) is 11.0 Å². The van der Waals surface area contributed by atoms with Crippen molar-refractivity contribution in [2.45, 2.75) is 58.0 Å². The van der Waals surface area contributed by atoms with Crippen molar-refractivity contribution in [3.05, 3.63) is 172 Å². The average Bonchev–Trinajstić information content (AvgIpc) is 3.66. The van der Waals surface area contributed by atoms with E-state index >= 15 is 0 Å². The quantitative estimate of drug-likeness (QED) is 0.133. The highest BCUT2D eigenvalue weighted by Crippen LogP contribution is 2.39. The highest BCUT2D eigenvalue weighted by atomic mass is 32.2. The monoisotopic (exact) mass is 823 g/mol. The Bertz CT molecular complexity index is 3250. The largest absolute Gasteiger partial charge is 0.469 e. The molecule has 0 radical (unpaired) electrons. The molecule has 0 aliphatic carbocycles. The number of anilines is 3. The lowest BCUT2D eigenvalue weighted by Gasteiger charge is -2.11. The van der Waals surface area contributed by atoms with Crippen LogP contribution >= 0.6 is 0 Å². The number of benzene rings is 5. The van der Waals surface area contributed by atoms with E-state index in [0.29, 0.717) is 28.7 Å². The number of hydrogen-bond donors (Lipinski definition) is 3. The molecular weight excluding hydrogens is 779 g/mol. The first kappa shape index (κ1) is 39.4.